The monoisotopic (exact) mass is 169 g/mol. The number of terminal acetylenes is 1. The molecule has 0 amide bonds. The Kier molecular flexibility index (Phi) is 3.03. The first-order valence-electron chi connectivity index (χ1n) is 3.21. The van der Waals surface area contributed by atoms with E-state index >= 15 is 0 Å². The summed E-state index contributed by atoms with van der Waals surface area (Å²) in [4.78, 5) is 0. The zero-order valence-corrected chi connectivity index (χ0v) is 6.69. The van der Waals surface area contributed by atoms with E-state index in [0.717, 1.165) is 5.76 Å². The van der Waals surface area contributed by atoms with Gasteiger partial charge in [0, 0.05) is 0 Å². The molecule has 11 heavy (non-hydrogen) atoms. The number of hydrogen-bond acceptors (Lipinski definition) is 2. The van der Waals surface area contributed by atoms with Gasteiger partial charge in [0.2, 0.25) is 0 Å². The van der Waals surface area contributed by atoms with E-state index in [1.54, 1.807) is 6.07 Å². The van der Waals surface area contributed by atoms with E-state index in [0.29, 0.717) is 18.3 Å². The predicted molar refractivity (Wildman–Crippen MR) is 44.3 cm³/mol. The highest BCUT2D eigenvalue weighted by atomic mass is 35.5. The first-order chi connectivity index (χ1) is 5.33. The second-order valence-corrected chi connectivity index (χ2v) is 2.39. The Hall–Kier alpha value is -0.910. The van der Waals surface area contributed by atoms with Crippen LogP contribution in [0.2, 0.25) is 5.22 Å². The molecule has 0 atom stereocenters. The molecule has 0 bridgehead atoms. The van der Waals surface area contributed by atoms with Crippen LogP contribution in [0.25, 0.3) is 0 Å². The van der Waals surface area contributed by atoms with Crippen LogP contribution in [0.15, 0.2) is 16.5 Å². The minimum Gasteiger partial charge on any atom is -0.448 e. The summed E-state index contributed by atoms with van der Waals surface area (Å²) in [6.45, 7) is 1.16. The van der Waals surface area contributed by atoms with Crippen molar-refractivity contribution in [3.05, 3.63) is 23.1 Å². The molecular weight excluding hydrogens is 162 g/mol. The Morgan fingerprint density at radius 3 is 3.00 bits per heavy atom. The van der Waals surface area contributed by atoms with Crippen molar-refractivity contribution in [2.45, 2.75) is 6.54 Å². The van der Waals surface area contributed by atoms with Crippen molar-refractivity contribution in [1.29, 1.82) is 0 Å². The minimum absolute atomic E-state index is 0.405. The Balaban J connectivity index is 2.34. The van der Waals surface area contributed by atoms with E-state index in [2.05, 4.69) is 11.2 Å². The third-order valence-electron chi connectivity index (χ3n) is 1.16. The molecule has 0 saturated carbocycles. The molecule has 1 rings (SSSR count). The maximum Gasteiger partial charge on any atom is 0.193 e. The summed E-state index contributed by atoms with van der Waals surface area (Å²) < 4.78 is 5.06. The van der Waals surface area contributed by atoms with E-state index in [9.17, 15) is 0 Å². The van der Waals surface area contributed by atoms with Crippen molar-refractivity contribution in [2.75, 3.05) is 6.54 Å². The fourth-order valence-corrected chi connectivity index (χ4v) is 0.867. The Labute approximate surface area is 70.5 Å². The molecule has 1 aromatic rings. The molecule has 0 aromatic carbocycles. The van der Waals surface area contributed by atoms with Crippen LogP contribution in [0, 0.1) is 12.3 Å². The molecule has 3 heteroatoms. The van der Waals surface area contributed by atoms with Gasteiger partial charge in [0.1, 0.15) is 5.76 Å². The third-order valence-corrected chi connectivity index (χ3v) is 1.36. The van der Waals surface area contributed by atoms with Gasteiger partial charge in [-0.15, -0.1) is 6.42 Å². The lowest BCUT2D eigenvalue weighted by Gasteiger charge is -1.94. The summed E-state index contributed by atoms with van der Waals surface area (Å²) in [5.41, 5.74) is 0. The Morgan fingerprint density at radius 1 is 1.64 bits per heavy atom. The van der Waals surface area contributed by atoms with Crippen molar-refractivity contribution in [3.8, 4) is 12.3 Å². The molecule has 1 aromatic heterocycles. The van der Waals surface area contributed by atoms with Gasteiger partial charge in [0.15, 0.2) is 5.22 Å². The number of halogens is 1. The fourth-order valence-electron chi connectivity index (χ4n) is 0.705. The SMILES string of the molecule is C#CCNCc1ccc(Cl)o1. The molecule has 1 heterocycles. The topological polar surface area (TPSA) is 25.2 Å². The summed E-state index contributed by atoms with van der Waals surface area (Å²) in [6, 6.07) is 3.51. The maximum atomic E-state index is 5.54. The predicted octanol–water partition coefficient (Wildman–Crippen LogP) is 1.66. The van der Waals surface area contributed by atoms with Gasteiger partial charge in [0.25, 0.3) is 0 Å². The normalized spacial score (nSPS) is 9.45. The molecule has 0 saturated heterocycles. The minimum atomic E-state index is 0.405. The van der Waals surface area contributed by atoms with Crippen LogP contribution in [0.4, 0.5) is 0 Å². The molecular formula is C8H8ClNO. The van der Waals surface area contributed by atoms with E-state index in [4.69, 9.17) is 22.4 Å². The van der Waals surface area contributed by atoms with Crippen LogP contribution in [-0.2, 0) is 6.54 Å². The summed E-state index contributed by atoms with van der Waals surface area (Å²) in [6.07, 6.45) is 5.03. The lowest BCUT2D eigenvalue weighted by atomic mass is 10.4. The van der Waals surface area contributed by atoms with E-state index in [1.165, 1.54) is 0 Å². The maximum absolute atomic E-state index is 5.54. The van der Waals surface area contributed by atoms with Crippen LogP contribution in [0.1, 0.15) is 5.76 Å². The van der Waals surface area contributed by atoms with Gasteiger partial charge in [-0.1, -0.05) is 5.92 Å². The highest BCUT2D eigenvalue weighted by Crippen LogP contribution is 2.12. The van der Waals surface area contributed by atoms with Crippen LogP contribution < -0.4 is 5.32 Å². The second kappa shape index (κ2) is 4.07. The highest BCUT2D eigenvalue weighted by Gasteiger charge is 1.96. The molecule has 2 nitrogen and oxygen atoms in total. The molecule has 0 radical (unpaired) electrons. The van der Waals surface area contributed by atoms with Crippen LogP contribution >= 0.6 is 11.6 Å². The van der Waals surface area contributed by atoms with Crippen LogP contribution in [0.3, 0.4) is 0 Å². The average Bonchev–Trinajstić information content (AvgIpc) is 2.37. The summed E-state index contributed by atoms with van der Waals surface area (Å²) in [5.74, 6) is 3.26. The lowest BCUT2D eigenvalue weighted by Crippen LogP contribution is -2.12. The van der Waals surface area contributed by atoms with Crippen molar-refractivity contribution < 1.29 is 4.42 Å². The Bertz CT molecular complexity index is 261. The number of nitrogens with one attached hydrogen (secondary N) is 1. The summed E-state index contributed by atoms with van der Waals surface area (Å²) in [5, 5.41) is 3.38. The summed E-state index contributed by atoms with van der Waals surface area (Å²) >= 11 is 5.54. The van der Waals surface area contributed by atoms with Crippen LogP contribution in [-0.4, -0.2) is 6.54 Å². The molecule has 0 aliphatic rings. The molecule has 0 unspecified atom stereocenters. The molecule has 1 N–H and O–H groups in total. The smallest absolute Gasteiger partial charge is 0.193 e. The zero-order chi connectivity index (χ0) is 8.10. The Morgan fingerprint density at radius 2 is 2.45 bits per heavy atom. The standard InChI is InChI=1S/C8H8ClNO/c1-2-5-10-6-7-3-4-8(9)11-7/h1,3-4,10H,5-6H2. The highest BCUT2D eigenvalue weighted by molar-refractivity contribution is 6.28. The van der Waals surface area contributed by atoms with Gasteiger partial charge in [-0.3, -0.25) is 5.32 Å². The van der Waals surface area contributed by atoms with Crippen molar-refractivity contribution in [1.82, 2.24) is 5.32 Å². The van der Waals surface area contributed by atoms with Gasteiger partial charge in [-0.05, 0) is 23.7 Å². The van der Waals surface area contributed by atoms with Gasteiger partial charge in [-0.2, -0.15) is 0 Å². The number of hydrogen-bond donors (Lipinski definition) is 1. The number of rotatable bonds is 3. The fraction of sp³-hybridized carbons (Fsp3) is 0.250. The first kappa shape index (κ1) is 8.19. The van der Waals surface area contributed by atoms with Crippen molar-refractivity contribution >= 4 is 11.6 Å². The van der Waals surface area contributed by atoms with E-state index in [1.807, 2.05) is 6.07 Å². The summed E-state index contributed by atoms with van der Waals surface area (Å²) in [7, 11) is 0. The molecule has 0 fully saturated rings. The largest absolute Gasteiger partial charge is 0.448 e. The second-order valence-electron chi connectivity index (χ2n) is 2.01. The van der Waals surface area contributed by atoms with Gasteiger partial charge < -0.3 is 4.42 Å². The van der Waals surface area contributed by atoms with Crippen LogP contribution in [0.5, 0.6) is 0 Å². The molecule has 58 valence electrons. The first-order valence-corrected chi connectivity index (χ1v) is 3.59. The third kappa shape index (κ3) is 2.67. The van der Waals surface area contributed by atoms with E-state index < -0.39 is 0 Å². The van der Waals surface area contributed by atoms with Crippen molar-refractivity contribution in [3.63, 3.8) is 0 Å². The van der Waals surface area contributed by atoms with Gasteiger partial charge in [-0.25, -0.2) is 0 Å². The lowest BCUT2D eigenvalue weighted by molar-refractivity contribution is 0.493. The molecule has 0 aliphatic heterocycles. The molecule has 0 spiro atoms. The average molecular weight is 170 g/mol. The van der Waals surface area contributed by atoms with Gasteiger partial charge in [0.05, 0.1) is 13.1 Å². The van der Waals surface area contributed by atoms with Gasteiger partial charge >= 0.3 is 0 Å². The van der Waals surface area contributed by atoms with Crippen molar-refractivity contribution in [2.24, 2.45) is 0 Å². The zero-order valence-electron chi connectivity index (χ0n) is 5.93. The number of furan rings is 1. The van der Waals surface area contributed by atoms with E-state index in [-0.39, 0.29) is 0 Å². The quantitative estimate of drug-likeness (QED) is 0.550. The molecule has 0 aliphatic carbocycles.